The first kappa shape index (κ1) is 17.5. The van der Waals surface area contributed by atoms with Crippen molar-refractivity contribution in [1.29, 1.82) is 0 Å². The van der Waals surface area contributed by atoms with Gasteiger partial charge in [0, 0.05) is 25.8 Å². The van der Waals surface area contributed by atoms with E-state index < -0.39 is 5.91 Å². The van der Waals surface area contributed by atoms with Gasteiger partial charge in [-0.3, -0.25) is 4.79 Å². The van der Waals surface area contributed by atoms with Crippen molar-refractivity contribution in [2.75, 3.05) is 37.6 Å². The van der Waals surface area contributed by atoms with Crippen LogP contribution in [0.5, 0.6) is 0 Å². The van der Waals surface area contributed by atoms with Crippen LogP contribution in [0.3, 0.4) is 0 Å². The van der Waals surface area contributed by atoms with Gasteiger partial charge in [0.15, 0.2) is 0 Å². The number of carbonyl (C=O) groups is 1. The van der Waals surface area contributed by atoms with E-state index in [2.05, 4.69) is 14.8 Å². The summed E-state index contributed by atoms with van der Waals surface area (Å²) >= 11 is 6.30. The summed E-state index contributed by atoms with van der Waals surface area (Å²) in [6.45, 7) is 5.71. The van der Waals surface area contributed by atoms with Crippen LogP contribution >= 0.6 is 11.6 Å². The quantitative estimate of drug-likeness (QED) is 0.906. The van der Waals surface area contributed by atoms with Gasteiger partial charge in [0.2, 0.25) is 5.91 Å². The van der Waals surface area contributed by atoms with Gasteiger partial charge in [-0.05, 0) is 50.8 Å². The largest absolute Gasteiger partial charge is 0.366 e. The average Bonchev–Trinajstić information content (AvgIpc) is 2.84. The molecule has 24 heavy (non-hydrogen) atoms. The van der Waals surface area contributed by atoms with Gasteiger partial charge in [-0.15, -0.1) is 0 Å². The minimum Gasteiger partial charge on any atom is -0.366 e. The van der Waals surface area contributed by atoms with E-state index in [1.165, 1.54) is 64.4 Å². The molecule has 0 unspecified atom stereocenters. The number of anilines is 1. The molecular weight excluding hydrogens is 324 g/mol. The monoisotopic (exact) mass is 350 g/mol. The van der Waals surface area contributed by atoms with E-state index >= 15 is 0 Å². The lowest BCUT2D eigenvalue weighted by atomic mass is 9.96. The van der Waals surface area contributed by atoms with Crippen LogP contribution < -0.4 is 10.6 Å². The number of aromatic nitrogens is 1. The van der Waals surface area contributed by atoms with E-state index in [0.717, 1.165) is 24.8 Å². The van der Waals surface area contributed by atoms with E-state index in [0.29, 0.717) is 10.6 Å². The lowest BCUT2D eigenvalue weighted by molar-refractivity contribution is 0.1000. The molecule has 0 bridgehead atoms. The molecule has 2 aliphatic heterocycles. The number of hydrogen-bond donors (Lipinski definition) is 1. The smallest absolute Gasteiger partial charge is 0.250 e. The van der Waals surface area contributed by atoms with Crippen molar-refractivity contribution < 1.29 is 4.79 Å². The molecule has 1 amide bonds. The number of amides is 1. The Balaban J connectivity index is 1.54. The number of nitrogens with zero attached hydrogens (tertiary/aromatic N) is 3. The van der Waals surface area contributed by atoms with E-state index in [1.807, 2.05) is 0 Å². The number of primary amides is 1. The normalized spacial score (nSPS) is 20.8. The van der Waals surface area contributed by atoms with Crippen LogP contribution in [0.2, 0.25) is 5.02 Å². The number of halogens is 1. The molecule has 0 aliphatic carbocycles. The number of hydrogen-bond acceptors (Lipinski definition) is 4. The predicted octanol–water partition coefficient (Wildman–Crippen LogP) is 2.93. The second-order valence-electron chi connectivity index (χ2n) is 7.04. The molecule has 2 saturated heterocycles. The van der Waals surface area contributed by atoms with Crippen molar-refractivity contribution in [2.45, 2.75) is 38.5 Å². The van der Waals surface area contributed by atoms with Gasteiger partial charge < -0.3 is 15.5 Å². The van der Waals surface area contributed by atoms with Gasteiger partial charge in [-0.2, -0.15) is 0 Å². The van der Waals surface area contributed by atoms with Crippen LogP contribution in [0, 0.1) is 5.92 Å². The number of carbonyl (C=O) groups excluding carboxylic acids is 1. The third-order valence-electron chi connectivity index (χ3n) is 5.24. The topological polar surface area (TPSA) is 62.5 Å². The molecule has 0 radical (unpaired) electrons. The summed E-state index contributed by atoms with van der Waals surface area (Å²) in [4.78, 5) is 20.4. The van der Waals surface area contributed by atoms with E-state index in [1.54, 1.807) is 6.07 Å². The predicted molar refractivity (Wildman–Crippen MR) is 97.6 cm³/mol. The second-order valence-corrected chi connectivity index (χ2v) is 7.45. The lowest BCUT2D eigenvalue weighted by Crippen LogP contribution is -2.39. The Labute approximate surface area is 149 Å². The first-order valence-electron chi connectivity index (χ1n) is 9.06. The van der Waals surface area contributed by atoms with Gasteiger partial charge in [-0.1, -0.05) is 24.4 Å². The molecule has 2 N–H and O–H groups in total. The average molecular weight is 351 g/mol. The Morgan fingerprint density at radius 1 is 1.17 bits per heavy atom. The molecule has 2 aliphatic rings. The SMILES string of the molecule is NC(=O)c1cnc(N2CCC(CN3CCCCCC3)CC2)c(Cl)c1. The third kappa shape index (κ3) is 4.39. The van der Waals surface area contributed by atoms with E-state index in [9.17, 15) is 4.79 Å². The van der Waals surface area contributed by atoms with Gasteiger partial charge >= 0.3 is 0 Å². The number of rotatable bonds is 4. The van der Waals surface area contributed by atoms with Crippen molar-refractivity contribution >= 4 is 23.3 Å². The number of pyridine rings is 1. The Bertz CT molecular complexity index is 564. The van der Waals surface area contributed by atoms with Crippen LogP contribution in [-0.2, 0) is 0 Å². The summed E-state index contributed by atoms with van der Waals surface area (Å²) in [6.07, 6.45) is 9.35. The van der Waals surface area contributed by atoms with Gasteiger partial charge in [-0.25, -0.2) is 4.98 Å². The molecular formula is C18H27ClN4O. The summed E-state index contributed by atoms with van der Waals surface area (Å²) in [5.74, 6) is 1.05. The third-order valence-corrected chi connectivity index (χ3v) is 5.51. The van der Waals surface area contributed by atoms with Crippen LogP contribution in [-0.4, -0.2) is 48.5 Å². The van der Waals surface area contributed by atoms with Crippen LogP contribution in [0.25, 0.3) is 0 Å². The molecule has 3 rings (SSSR count). The molecule has 5 nitrogen and oxygen atoms in total. The summed E-state index contributed by atoms with van der Waals surface area (Å²) in [7, 11) is 0. The first-order chi connectivity index (χ1) is 11.6. The van der Waals surface area contributed by atoms with Gasteiger partial charge in [0.05, 0.1) is 10.6 Å². The zero-order chi connectivity index (χ0) is 16.9. The van der Waals surface area contributed by atoms with Crippen LogP contribution in [0.1, 0.15) is 48.9 Å². The van der Waals surface area contributed by atoms with Crippen LogP contribution in [0.15, 0.2) is 12.3 Å². The summed E-state index contributed by atoms with van der Waals surface area (Å²) in [5.41, 5.74) is 5.63. The second kappa shape index (κ2) is 8.17. The molecule has 2 fully saturated rings. The molecule has 0 atom stereocenters. The molecule has 6 heteroatoms. The highest BCUT2D eigenvalue weighted by Gasteiger charge is 2.24. The molecule has 132 valence electrons. The minimum atomic E-state index is -0.493. The minimum absolute atomic E-state index is 0.361. The Hall–Kier alpha value is -1.33. The fourth-order valence-electron chi connectivity index (χ4n) is 3.81. The van der Waals surface area contributed by atoms with Crippen LogP contribution in [0.4, 0.5) is 5.82 Å². The van der Waals surface area contributed by atoms with Crippen molar-refractivity contribution in [3.05, 3.63) is 22.8 Å². The van der Waals surface area contributed by atoms with Crippen molar-refractivity contribution in [3.63, 3.8) is 0 Å². The standard InChI is InChI=1S/C18H27ClN4O/c19-16-11-15(17(20)24)12-21-18(16)23-9-5-14(6-10-23)13-22-7-3-1-2-4-8-22/h11-12,14H,1-10,13H2,(H2,20,24). The van der Waals surface area contributed by atoms with Crippen molar-refractivity contribution in [2.24, 2.45) is 11.7 Å². The molecule has 3 heterocycles. The zero-order valence-corrected chi connectivity index (χ0v) is 15.0. The van der Waals surface area contributed by atoms with Crippen molar-refractivity contribution in [3.8, 4) is 0 Å². The van der Waals surface area contributed by atoms with Gasteiger partial charge in [0.1, 0.15) is 5.82 Å². The molecule has 0 aromatic carbocycles. The summed E-state index contributed by atoms with van der Waals surface area (Å²) in [5, 5.41) is 0.511. The fraction of sp³-hybridized carbons (Fsp3) is 0.667. The number of likely N-dealkylation sites (tertiary alicyclic amines) is 1. The zero-order valence-electron chi connectivity index (χ0n) is 14.2. The maximum atomic E-state index is 11.2. The highest BCUT2D eigenvalue weighted by atomic mass is 35.5. The highest BCUT2D eigenvalue weighted by Crippen LogP contribution is 2.29. The highest BCUT2D eigenvalue weighted by molar-refractivity contribution is 6.33. The first-order valence-corrected chi connectivity index (χ1v) is 9.44. The lowest BCUT2D eigenvalue weighted by Gasteiger charge is -2.35. The molecule has 0 spiro atoms. The van der Waals surface area contributed by atoms with Crippen molar-refractivity contribution in [1.82, 2.24) is 9.88 Å². The number of nitrogens with two attached hydrogens (primary N) is 1. The maximum absolute atomic E-state index is 11.2. The molecule has 0 saturated carbocycles. The summed E-state index contributed by atoms with van der Waals surface area (Å²) in [6, 6.07) is 1.62. The summed E-state index contributed by atoms with van der Waals surface area (Å²) < 4.78 is 0. The Morgan fingerprint density at radius 2 is 1.83 bits per heavy atom. The Morgan fingerprint density at radius 3 is 2.42 bits per heavy atom. The van der Waals surface area contributed by atoms with E-state index in [-0.39, 0.29) is 0 Å². The molecule has 1 aromatic heterocycles. The Kier molecular flexibility index (Phi) is 5.95. The van der Waals surface area contributed by atoms with Gasteiger partial charge in [0.25, 0.3) is 0 Å². The fourth-order valence-corrected chi connectivity index (χ4v) is 4.10. The van der Waals surface area contributed by atoms with E-state index in [4.69, 9.17) is 17.3 Å². The maximum Gasteiger partial charge on any atom is 0.250 e. The number of piperidine rings is 1. The molecule has 1 aromatic rings.